The van der Waals surface area contributed by atoms with E-state index in [2.05, 4.69) is 59.7 Å². The number of benzene rings is 1. The second-order valence-electron chi connectivity index (χ2n) is 6.21. The minimum atomic E-state index is 0.0106. The molecule has 2 rings (SSSR count). The molecular formula is C17H24N4OS. The van der Waals surface area contributed by atoms with Crippen LogP contribution in [0.25, 0.3) is 0 Å². The van der Waals surface area contributed by atoms with Crippen LogP contribution in [0.15, 0.2) is 24.3 Å². The van der Waals surface area contributed by atoms with Gasteiger partial charge in [-0.05, 0) is 18.4 Å². The summed E-state index contributed by atoms with van der Waals surface area (Å²) in [7, 11) is 1.87. The fourth-order valence-corrected chi connectivity index (χ4v) is 2.66. The lowest BCUT2D eigenvalue weighted by Gasteiger charge is -2.15. The lowest BCUT2D eigenvalue weighted by molar-refractivity contribution is -0.119. The first-order valence-corrected chi connectivity index (χ1v) is 8.57. The van der Waals surface area contributed by atoms with Gasteiger partial charge in [-0.2, -0.15) is 4.37 Å². The zero-order valence-electron chi connectivity index (χ0n) is 14.2. The van der Waals surface area contributed by atoms with Crippen LogP contribution in [-0.2, 0) is 11.2 Å². The van der Waals surface area contributed by atoms with Crippen LogP contribution in [0.1, 0.15) is 30.8 Å². The number of aryl methyl sites for hydroxylation is 1. The molecule has 1 amide bonds. The molecule has 1 aromatic carbocycles. The maximum atomic E-state index is 11.9. The largest absolute Gasteiger partial charge is 0.354 e. The minimum absolute atomic E-state index is 0.0106. The number of aromatic nitrogens is 2. The number of anilines is 1. The summed E-state index contributed by atoms with van der Waals surface area (Å²) in [5, 5.41) is 3.68. The molecule has 6 heteroatoms. The third-order valence-corrected chi connectivity index (χ3v) is 4.22. The third-order valence-electron chi connectivity index (χ3n) is 3.36. The topological polar surface area (TPSA) is 58.1 Å². The molecule has 0 aliphatic carbocycles. The molecule has 0 fully saturated rings. The summed E-state index contributed by atoms with van der Waals surface area (Å²) >= 11 is 1.33. The van der Waals surface area contributed by atoms with Gasteiger partial charge in [-0.25, -0.2) is 4.98 Å². The Kier molecular flexibility index (Phi) is 6.10. The predicted molar refractivity (Wildman–Crippen MR) is 95.0 cm³/mol. The highest BCUT2D eigenvalue weighted by atomic mass is 32.1. The quantitative estimate of drug-likeness (QED) is 0.847. The van der Waals surface area contributed by atoms with Gasteiger partial charge in [-0.15, -0.1) is 0 Å². The number of nitrogens with one attached hydrogen (secondary N) is 1. The Bertz CT molecular complexity index is 636. The lowest BCUT2D eigenvalue weighted by atomic mass is 10.1. The van der Waals surface area contributed by atoms with E-state index in [0.29, 0.717) is 25.4 Å². The summed E-state index contributed by atoms with van der Waals surface area (Å²) in [6.07, 6.45) is 0.712. The lowest BCUT2D eigenvalue weighted by Crippen LogP contribution is -2.36. The van der Waals surface area contributed by atoms with Gasteiger partial charge >= 0.3 is 0 Å². The van der Waals surface area contributed by atoms with E-state index in [1.807, 2.05) is 11.9 Å². The van der Waals surface area contributed by atoms with Crippen molar-refractivity contribution < 1.29 is 4.79 Å². The zero-order chi connectivity index (χ0) is 16.8. The number of carbonyl (C=O) groups excluding carboxylic acids is 1. The molecule has 1 N–H and O–H groups in total. The van der Waals surface area contributed by atoms with Gasteiger partial charge in [0.05, 0.1) is 6.54 Å². The van der Waals surface area contributed by atoms with Gasteiger partial charge in [0.15, 0.2) is 0 Å². The zero-order valence-corrected chi connectivity index (χ0v) is 15.0. The summed E-state index contributed by atoms with van der Waals surface area (Å²) in [4.78, 5) is 18.2. The molecule has 0 saturated carbocycles. The van der Waals surface area contributed by atoms with Crippen LogP contribution in [-0.4, -0.2) is 35.4 Å². The van der Waals surface area contributed by atoms with Crippen molar-refractivity contribution in [2.45, 2.75) is 27.2 Å². The Morgan fingerprint density at radius 1 is 1.30 bits per heavy atom. The number of carbonyl (C=O) groups is 1. The molecule has 5 nitrogen and oxygen atoms in total. The average molecular weight is 332 g/mol. The summed E-state index contributed by atoms with van der Waals surface area (Å²) < 4.78 is 4.39. The molecule has 0 radical (unpaired) electrons. The molecule has 0 bridgehead atoms. The third kappa shape index (κ3) is 5.63. The summed E-state index contributed by atoms with van der Waals surface area (Å²) in [6, 6.07) is 8.37. The molecule has 1 aromatic heterocycles. The number of rotatable bonds is 7. The Labute approximate surface area is 141 Å². The predicted octanol–water partition coefficient (Wildman–Crippen LogP) is 2.65. The standard InChI is InChI=1S/C17H24N4OS/c1-12(2)10-18-16(22)11-21(4)17-19-15(20-23-17)9-14-7-5-13(3)6-8-14/h5-8,12H,9-11H2,1-4H3,(H,18,22). The first-order valence-electron chi connectivity index (χ1n) is 7.80. The van der Waals surface area contributed by atoms with Gasteiger partial charge in [-0.3, -0.25) is 4.79 Å². The fraction of sp³-hybridized carbons (Fsp3) is 0.471. The van der Waals surface area contributed by atoms with Gasteiger partial charge < -0.3 is 10.2 Å². The number of amides is 1. The Balaban J connectivity index is 1.90. The molecule has 0 saturated heterocycles. The van der Waals surface area contributed by atoms with Crippen LogP contribution in [0.5, 0.6) is 0 Å². The van der Waals surface area contributed by atoms with Gasteiger partial charge in [0, 0.05) is 31.5 Å². The van der Waals surface area contributed by atoms with Crippen molar-refractivity contribution in [1.82, 2.24) is 14.7 Å². The Hall–Kier alpha value is -1.95. The molecule has 0 aliphatic rings. The average Bonchev–Trinajstić information content (AvgIpc) is 2.96. The SMILES string of the molecule is Cc1ccc(Cc2nsc(N(C)CC(=O)NCC(C)C)n2)cc1. The van der Waals surface area contributed by atoms with Crippen LogP contribution < -0.4 is 10.2 Å². The molecule has 2 aromatic rings. The smallest absolute Gasteiger partial charge is 0.239 e. The Morgan fingerprint density at radius 3 is 2.65 bits per heavy atom. The summed E-state index contributed by atoms with van der Waals surface area (Å²) in [6.45, 7) is 7.22. The highest BCUT2D eigenvalue weighted by Gasteiger charge is 2.12. The molecular weight excluding hydrogens is 308 g/mol. The number of nitrogens with zero attached hydrogens (tertiary/aromatic N) is 3. The van der Waals surface area contributed by atoms with Gasteiger partial charge in [-0.1, -0.05) is 43.7 Å². The van der Waals surface area contributed by atoms with Crippen molar-refractivity contribution in [3.8, 4) is 0 Å². The second kappa shape index (κ2) is 8.06. The van der Waals surface area contributed by atoms with Crippen LogP contribution in [0.4, 0.5) is 5.13 Å². The monoisotopic (exact) mass is 332 g/mol. The number of hydrogen-bond donors (Lipinski definition) is 1. The molecule has 23 heavy (non-hydrogen) atoms. The van der Waals surface area contributed by atoms with Crippen molar-refractivity contribution in [3.05, 3.63) is 41.2 Å². The van der Waals surface area contributed by atoms with E-state index in [9.17, 15) is 4.79 Å². The number of hydrogen-bond acceptors (Lipinski definition) is 5. The van der Waals surface area contributed by atoms with E-state index >= 15 is 0 Å². The van der Waals surface area contributed by atoms with Gasteiger partial charge in [0.1, 0.15) is 5.82 Å². The maximum absolute atomic E-state index is 11.9. The van der Waals surface area contributed by atoms with Crippen LogP contribution in [0, 0.1) is 12.8 Å². The first kappa shape index (κ1) is 17.4. The molecule has 0 aliphatic heterocycles. The fourth-order valence-electron chi connectivity index (χ4n) is 2.02. The maximum Gasteiger partial charge on any atom is 0.239 e. The van der Waals surface area contributed by atoms with Crippen molar-refractivity contribution >= 4 is 22.6 Å². The van der Waals surface area contributed by atoms with Crippen LogP contribution >= 0.6 is 11.5 Å². The summed E-state index contributed by atoms with van der Waals surface area (Å²) in [5.41, 5.74) is 2.44. The summed E-state index contributed by atoms with van der Waals surface area (Å²) in [5.74, 6) is 1.26. The molecule has 0 atom stereocenters. The van der Waals surface area contributed by atoms with E-state index in [1.54, 1.807) is 0 Å². The number of likely N-dealkylation sites (N-methyl/N-ethyl adjacent to an activating group) is 1. The van der Waals surface area contributed by atoms with E-state index in [1.165, 1.54) is 22.7 Å². The minimum Gasteiger partial charge on any atom is -0.354 e. The van der Waals surface area contributed by atoms with E-state index in [-0.39, 0.29) is 5.91 Å². The van der Waals surface area contributed by atoms with E-state index < -0.39 is 0 Å². The molecule has 1 heterocycles. The second-order valence-corrected chi connectivity index (χ2v) is 6.94. The van der Waals surface area contributed by atoms with Crippen molar-refractivity contribution in [2.75, 3.05) is 25.0 Å². The molecule has 0 unspecified atom stereocenters. The Morgan fingerprint density at radius 2 is 2.00 bits per heavy atom. The van der Waals surface area contributed by atoms with Crippen molar-refractivity contribution in [3.63, 3.8) is 0 Å². The van der Waals surface area contributed by atoms with Crippen LogP contribution in [0.2, 0.25) is 0 Å². The van der Waals surface area contributed by atoms with Crippen LogP contribution in [0.3, 0.4) is 0 Å². The van der Waals surface area contributed by atoms with E-state index in [4.69, 9.17) is 0 Å². The van der Waals surface area contributed by atoms with Crippen molar-refractivity contribution in [1.29, 1.82) is 0 Å². The normalized spacial score (nSPS) is 10.8. The first-order chi connectivity index (χ1) is 10.9. The highest BCUT2D eigenvalue weighted by Crippen LogP contribution is 2.17. The molecule has 124 valence electrons. The van der Waals surface area contributed by atoms with Gasteiger partial charge in [0.25, 0.3) is 0 Å². The molecule has 0 spiro atoms. The highest BCUT2D eigenvalue weighted by molar-refractivity contribution is 7.09. The van der Waals surface area contributed by atoms with E-state index in [0.717, 1.165) is 11.0 Å². The van der Waals surface area contributed by atoms with Gasteiger partial charge in [0.2, 0.25) is 11.0 Å². The van der Waals surface area contributed by atoms with Crippen molar-refractivity contribution in [2.24, 2.45) is 5.92 Å².